The van der Waals surface area contributed by atoms with Crippen LogP contribution >= 0.6 is 11.3 Å². The summed E-state index contributed by atoms with van der Waals surface area (Å²) in [5.74, 6) is 0.177. The molecular formula is C16H25N3O2S. The van der Waals surface area contributed by atoms with E-state index in [4.69, 9.17) is 0 Å². The van der Waals surface area contributed by atoms with Crippen LogP contribution in [-0.4, -0.2) is 34.8 Å². The number of carbonyl (C=O) groups is 2. The van der Waals surface area contributed by atoms with Gasteiger partial charge in [0.05, 0.1) is 17.2 Å². The molecule has 0 atom stereocenters. The third-order valence-electron chi connectivity index (χ3n) is 3.81. The summed E-state index contributed by atoms with van der Waals surface area (Å²) in [5.41, 5.74) is 0.924. The van der Waals surface area contributed by atoms with E-state index in [9.17, 15) is 9.59 Å². The Morgan fingerprint density at radius 2 is 2.27 bits per heavy atom. The van der Waals surface area contributed by atoms with Crippen LogP contribution in [0.15, 0.2) is 5.38 Å². The molecule has 122 valence electrons. The van der Waals surface area contributed by atoms with E-state index in [0.29, 0.717) is 25.9 Å². The standard InChI is InChI=1S/C16H25N3O2S/c1-2-6-15-18-13(12-22-15)11-17-14(20)8-10-19-9-5-3-4-7-16(19)21/h12H,2-11H2,1H3,(H,17,20). The molecule has 1 saturated heterocycles. The normalized spacial score (nSPS) is 15.7. The van der Waals surface area contributed by atoms with Crippen molar-refractivity contribution in [3.63, 3.8) is 0 Å². The average Bonchev–Trinajstić information content (AvgIpc) is 2.85. The first-order chi connectivity index (χ1) is 10.7. The molecule has 2 heterocycles. The Morgan fingerprint density at radius 3 is 3.09 bits per heavy atom. The second kappa shape index (κ2) is 8.88. The monoisotopic (exact) mass is 323 g/mol. The minimum absolute atomic E-state index is 0.0120. The maximum absolute atomic E-state index is 11.9. The molecule has 5 nitrogen and oxygen atoms in total. The molecule has 1 aliphatic rings. The van der Waals surface area contributed by atoms with Gasteiger partial charge in [0.2, 0.25) is 11.8 Å². The zero-order chi connectivity index (χ0) is 15.8. The predicted molar refractivity (Wildman–Crippen MR) is 87.6 cm³/mol. The Kier molecular flexibility index (Phi) is 6.83. The smallest absolute Gasteiger partial charge is 0.222 e. The van der Waals surface area contributed by atoms with Crippen molar-refractivity contribution in [1.82, 2.24) is 15.2 Å². The summed E-state index contributed by atoms with van der Waals surface area (Å²) >= 11 is 1.65. The van der Waals surface area contributed by atoms with Crippen molar-refractivity contribution < 1.29 is 9.59 Å². The van der Waals surface area contributed by atoms with Crippen molar-refractivity contribution >= 4 is 23.2 Å². The fourth-order valence-electron chi connectivity index (χ4n) is 2.55. The van der Waals surface area contributed by atoms with Crippen LogP contribution < -0.4 is 5.32 Å². The molecule has 1 aliphatic heterocycles. The number of hydrogen-bond donors (Lipinski definition) is 1. The minimum atomic E-state index is -0.0120. The Hall–Kier alpha value is -1.43. The highest BCUT2D eigenvalue weighted by molar-refractivity contribution is 7.09. The first-order valence-corrected chi connectivity index (χ1v) is 9.04. The first-order valence-electron chi connectivity index (χ1n) is 8.16. The second-order valence-electron chi connectivity index (χ2n) is 5.70. The minimum Gasteiger partial charge on any atom is -0.350 e. The van der Waals surface area contributed by atoms with Crippen molar-refractivity contribution in [2.45, 2.75) is 58.4 Å². The van der Waals surface area contributed by atoms with Gasteiger partial charge in [-0.25, -0.2) is 4.98 Å². The van der Waals surface area contributed by atoms with Crippen LogP contribution in [0.1, 0.15) is 56.2 Å². The van der Waals surface area contributed by atoms with Crippen molar-refractivity contribution in [3.8, 4) is 0 Å². The van der Waals surface area contributed by atoms with Gasteiger partial charge in [0.1, 0.15) is 0 Å². The van der Waals surface area contributed by atoms with Gasteiger partial charge in [-0.1, -0.05) is 13.3 Å². The molecule has 0 saturated carbocycles. The summed E-state index contributed by atoms with van der Waals surface area (Å²) in [6.45, 7) is 3.93. The number of amides is 2. The summed E-state index contributed by atoms with van der Waals surface area (Å²) in [6, 6.07) is 0. The number of rotatable bonds is 7. The molecule has 2 rings (SSSR count). The third kappa shape index (κ3) is 5.40. The van der Waals surface area contributed by atoms with Crippen molar-refractivity contribution in [1.29, 1.82) is 0 Å². The van der Waals surface area contributed by atoms with Crippen LogP contribution in [-0.2, 0) is 22.6 Å². The van der Waals surface area contributed by atoms with Gasteiger partial charge in [-0.3, -0.25) is 9.59 Å². The van der Waals surface area contributed by atoms with E-state index in [1.807, 2.05) is 10.3 Å². The maximum Gasteiger partial charge on any atom is 0.222 e. The van der Waals surface area contributed by atoms with Gasteiger partial charge in [0, 0.05) is 31.3 Å². The lowest BCUT2D eigenvalue weighted by atomic mass is 10.2. The van der Waals surface area contributed by atoms with E-state index in [0.717, 1.165) is 49.4 Å². The molecular weight excluding hydrogens is 298 g/mol. The Labute approximate surface area is 136 Å². The number of aromatic nitrogens is 1. The van der Waals surface area contributed by atoms with Gasteiger partial charge in [0.15, 0.2) is 0 Å². The molecule has 1 aromatic heterocycles. The van der Waals surface area contributed by atoms with Gasteiger partial charge in [-0.15, -0.1) is 11.3 Å². The second-order valence-corrected chi connectivity index (χ2v) is 6.64. The number of carbonyl (C=O) groups excluding carboxylic acids is 2. The molecule has 2 amide bonds. The van der Waals surface area contributed by atoms with E-state index in [1.54, 1.807) is 11.3 Å². The highest BCUT2D eigenvalue weighted by atomic mass is 32.1. The average molecular weight is 323 g/mol. The van der Waals surface area contributed by atoms with Gasteiger partial charge in [-0.05, 0) is 25.7 Å². The van der Waals surface area contributed by atoms with E-state index < -0.39 is 0 Å². The Balaban J connectivity index is 1.69. The van der Waals surface area contributed by atoms with Crippen LogP contribution in [0, 0.1) is 0 Å². The van der Waals surface area contributed by atoms with E-state index in [1.165, 1.54) is 0 Å². The largest absolute Gasteiger partial charge is 0.350 e. The molecule has 6 heteroatoms. The first kappa shape index (κ1) is 16.9. The highest BCUT2D eigenvalue weighted by Crippen LogP contribution is 2.12. The van der Waals surface area contributed by atoms with E-state index in [2.05, 4.69) is 17.2 Å². The molecule has 0 aliphatic carbocycles. The molecule has 22 heavy (non-hydrogen) atoms. The maximum atomic E-state index is 11.9. The van der Waals surface area contributed by atoms with Crippen molar-refractivity contribution in [2.24, 2.45) is 0 Å². The number of hydrogen-bond acceptors (Lipinski definition) is 4. The molecule has 0 unspecified atom stereocenters. The van der Waals surface area contributed by atoms with Crippen LogP contribution in [0.25, 0.3) is 0 Å². The van der Waals surface area contributed by atoms with Crippen LogP contribution in [0.4, 0.5) is 0 Å². The molecule has 0 aromatic carbocycles. The zero-order valence-electron chi connectivity index (χ0n) is 13.3. The molecule has 1 aromatic rings. The summed E-state index contributed by atoms with van der Waals surface area (Å²) in [7, 11) is 0. The van der Waals surface area contributed by atoms with E-state index in [-0.39, 0.29) is 11.8 Å². The highest BCUT2D eigenvalue weighted by Gasteiger charge is 2.17. The van der Waals surface area contributed by atoms with Crippen molar-refractivity contribution in [2.75, 3.05) is 13.1 Å². The van der Waals surface area contributed by atoms with Crippen LogP contribution in [0.3, 0.4) is 0 Å². The number of nitrogens with one attached hydrogen (secondary N) is 1. The quantitative estimate of drug-likeness (QED) is 0.838. The van der Waals surface area contributed by atoms with E-state index >= 15 is 0 Å². The van der Waals surface area contributed by atoms with Gasteiger partial charge in [-0.2, -0.15) is 0 Å². The van der Waals surface area contributed by atoms with Gasteiger partial charge in [0.25, 0.3) is 0 Å². The fraction of sp³-hybridized carbons (Fsp3) is 0.688. The molecule has 1 fully saturated rings. The molecule has 0 spiro atoms. The predicted octanol–water partition coefficient (Wildman–Crippen LogP) is 2.50. The topological polar surface area (TPSA) is 62.3 Å². The fourth-order valence-corrected chi connectivity index (χ4v) is 3.45. The summed E-state index contributed by atoms with van der Waals surface area (Å²) < 4.78 is 0. The number of thiazole rings is 1. The summed E-state index contributed by atoms with van der Waals surface area (Å²) in [6.07, 6.45) is 6.22. The summed E-state index contributed by atoms with van der Waals surface area (Å²) in [5, 5.41) is 6.02. The summed E-state index contributed by atoms with van der Waals surface area (Å²) in [4.78, 5) is 30.1. The van der Waals surface area contributed by atoms with Crippen LogP contribution in [0.2, 0.25) is 0 Å². The van der Waals surface area contributed by atoms with Gasteiger partial charge < -0.3 is 10.2 Å². The SMILES string of the molecule is CCCc1nc(CNC(=O)CCN2CCCCCC2=O)cs1. The number of likely N-dealkylation sites (tertiary alicyclic amines) is 1. The third-order valence-corrected chi connectivity index (χ3v) is 4.77. The Morgan fingerprint density at radius 1 is 1.41 bits per heavy atom. The Bertz CT molecular complexity index is 501. The number of aryl methyl sites for hydroxylation is 1. The lowest BCUT2D eigenvalue weighted by molar-refractivity contribution is -0.131. The van der Waals surface area contributed by atoms with Crippen molar-refractivity contribution in [3.05, 3.63) is 16.1 Å². The van der Waals surface area contributed by atoms with Gasteiger partial charge >= 0.3 is 0 Å². The molecule has 0 radical (unpaired) electrons. The number of nitrogens with zero attached hydrogens (tertiary/aromatic N) is 2. The lowest BCUT2D eigenvalue weighted by Crippen LogP contribution is -2.34. The zero-order valence-corrected chi connectivity index (χ0v) is 14.1. The van der Waals surface area contributed by atoms with Crippen LogP contribution in [0.5, 0.6) is 0 Å². The molecule has 1 N–H and O–H groups in total. The lowest BCUT2D eigenvalue weighted by Gasteiger charge is -2.19. The molecule has 0 bridgehead atoms.